The topological polar surface area (TPSA) is 21.3 Å². The monoisotopic (exact) mass is 403 g/mol. The molecule has 0 aromatic heterocycles. The van der Waals surface area contributed by atoms with Gasteiger partial charge < -0.3 is 10.1 Å². The standard InChI is InChI=1S/C16H23Br2NO/c1-2-9-19-16(8-6-13-4-3-10-20-13)14-11-12(17)5-7-15(14)18/h5,7,11,13,16,19H,2-4,6,8-10H2,1H3. The Labute approximate surface area is 138 Å². The normalized spacial score (nSPS) is 20.2. The molecule has 2 nitrogen and oxygen atoms in total. The van der Waals surface area contributed by atoms with Gasteiger partial charge in [-0.25, -0.2) is 0 Å². The molecule has 1 aliphatic heterocycles. The molecule has 1 N–H and O–H groups in total. The van der Waals surface area contributed by atoms with Crippen molar-refractivity contribution in [1.82, 2.24) is 5.32 Å². The Hall–Kier alpha value is 0.1000. The summed E-state index contributed by atoms with van der Waals surface area (Å²) in [6, 6.07) is 6.80. The van der Waals surface area contributed by atoms with Gasteiger partial charge in [0, 0.05) is 21.6 Å². The van der Waals surface area contributed by atoms with E-state index in [0.29, 0.717) is 12.1 Å². The molecular weight excluding hydrogens is 382 g/mol. The zero-order valence-corrected chi connectivity index (χ0v) is 15.2. The summed E-state index contributed by atoms with van der Waals surface area (Å²) in [6.45, 7) is 4.20. The Balaban J connectivity index is 2.02. The highest BCUT2D eigenvalue weighted by Crippen LogP contribution is 2.31. The molecule has 0 bridgehead atoms. The van der Waals surface area contributed by atoms with Crippen molar-refractivity contribution in [2.75, 3.05) is 13.2 Å². The zero-order chi connectivity index (χ0) is 14.4. The maximum Gasteiger partial charge on any atom is 0.0576 e. The van der Waals surface area contributed by atoms with Gasteiger partial charge in [0.2, 0.25) is 0 Å². The lowest BCUT2D eigenvalue weighted by Crippen LogP contribution is -2.24. The van der Waals surface area contributed by atoms with Gasteiger partial charge in [0.25, 0.3) is 0 Å². The number of hydrogen-bond donors (Lipinski definition) is 1. The molecular formula is C16H23Br2NO. The largest absolute Gasteiger partial charge is 0.378 e. The lowest BCUT2D eigenvalue weighted by Gasteiger charge is -2.22. The SMILES string of the molecule is CCCNC(CCC1CCCO1)c1cc(Br)ccc1Br. The minimum atomic E-state index is 0.394. The van der Waals surface area contributed by atoms with E-state index >= 15 is 0 Å². The zero-order valence-electron chi connectivity index (χ0n) is 12.0. The second-order valence-electron chi connectivity index (χ2n) is 5.38. The second kappa shape index (κ2) is 8.52. The van der Waals surface area contributed by atoms with E-state index in [-0.39, 0.29) is 0 Å². The third-order valence-corrected chi connectivity index (χ3v) is 4.99. The van der Waals surface area contributed by atoms with E-state index in [1.807, 2.05) is 0 Å². The van der Waals surface area contributed by atoms with Gasteiger partial charge in [0.05, 0.1) is 6.10 Å². The fraction of sp³-hybridized carbons (Fsp3) is 0.625. The Morgan fingerprint density at radius 3 is 2.95 bits per heavy atom. The Morgan fingerprint density at radius 2 is 2.25 bits per heavy atom. The van der Waals surface area contributed by atoms with Crippen LogP contribution >= 0.6 is 31.9 Å². The number of halogens is 2. The Morgan fingerprint density at radius 1 is 1.40 bits per heavy atom. The molecule has 1 aromatic rings. The summed E-state index contributed by atoms with van der Waals surface area (Å²) in [5.74, 6) is 0. The van der Waals surface area contributed by atoms with E-state index in [0.717, 1.165) is 36.9 Å². The molecule has 0 saturated carbocycles. The van der Waals surface area contributed by atoms with Crippen LogP contribution in [0.4, 0.5) is 0 Å². The lowest BCUT2D eigenvalue weighted by atomic mass is 9.99. The van der Waals surface area contributed by atoms with Crippen LogP contribution in [0.2, 0.25) is 0 Å². The molecule has 2 atom stereocenters. The highest BCUT2D eigenvalue weighted by Gasteiger charge is 2.20. The third-order valence-electron chi connectivity index (χ3n) is 3.78. The first-order chi connectivity index (χ1) is 9.70. The van der Waals surface area contributed by atoms with Gasteiger partial charge in [-0.1, -0.05) is 38.8 Å². The summed E-state index contributed by atoms with van der Waals surface area (Å²) in [7, 11) is 0. The maximum absolute atomic E-state index is 5.75. The first-order valence-electron chi connectivity index (χ1n) is 7.50. The van der Waals surface area contributed by atoms with Crippen molar-refractivity contribution in [2.45, 2.75) is 51.2 Å². The molecule has 1 heterocycles. The number of hydrogen-bond acceptors (Lipinski definition) is 2. The van der Waals surface area contributed by atoms with Crippen molar-refractivity contribution in [2.24, 2.45) is 0 Å². The van der Waals surface area contributed by atoms with Gasteiger partial charge in [-0.3, -0.25) is 0 Å². The summed E-state index contributed by atoms with van der Waals surface area (Å²) >= 11 is 7.26. The van der Waals surface area contributed by atoms with Crippen LogP contribution in [-0.4, -0.2) is 19.3 Å². The quantitative estimate of drug-likeness (QED) is 0.673. The summed E-state index contributed by atoms with van der Waals surface area (Å²) in [5.41, 5.74) is 1.34. The van der Waals surface area contributed by atoms with Gasteiger partial charge in [-0.05, 0) is 62.4 Å². The average molecular weight is 405 g/mol. The van der Waals surface area contributed by atoms with Crippen molar-refractivity contribution in [3.05, 3.63) is 32.7 Å². The van der Waals surface area contributed by atoms with Gasteiger partial charge in [0.15, 0.2) is 0 Å². The summed E-state index contributed by atoms with van der Waals surface area (Å²) in [4.78, 5) is 0. The molecule has 0 aliphatic carbocycles. The summed E-state index contributed by atoms with van der Waals surface area (Å²) < 4.78 is 8.07. The fourth-order valence-electron chi connectivity index (χ4n) is 2.69. The van der Waals surface area contributed by atoms with Crippen LogP contribution < -0.4 is 5.32 Å². The number of rotatable bonds is 7. The lowest BCUT2D eigenvalue weighted by molar-refractivity contribution is 0.0995. The minimum Gasteiger partial charge on any atom is -0.378 e. The van der Waals surface area contributed by atoms with Crippen molar-refractivity contribution in [3.63, 3.8) is 0 Å². The molecule has 0 radical (unpaired) electrons. The average Bonchev–Trinajstić information content (AvgIpc) is 2.95. The Bertz CT molecular complexity index is 419. The molecule has 1 aromatic carbocycles. The van der Waals surface area contributed by atoms with Crippen molar-refractivity contribution in [3.8, 4) is 0 Å². The predicted octanol–water partition coefficient (Wildman–Crippen LogP) is 5.21. The van der Waals surface area contributed by atoms with Gasteiger partial charge in [-0.2, -0.15) is 0 Å². The van der Waals surface area contributed by atoms with Crippen molar-refractivity contribution in [1.29, 1.82) is 0 Å². The van der Waals surface area contributed by atoms with Gasteiger partial charge in [-0.15, -0.1) is 0 Å². The Kier molecular flexibility index (Phi) is 7.02. The molecule has 1 fully saturated rings. The molecule has 2 rings (SSSR count). The van der Waals surface area contributed by atoms with Crippen LogP contribution in [0.15, 0.2) is 27.1 Å². The van der Waals surface area contributed by atoms with E-state index in [9.17, 15) is 0 Å². The molecule has 112 valence electrons. The highest BCUT2D eigenvalue weighted by molar-refractivity contribution is 9.11. The van der Waals surface area contributed by atoms with E-state index in [2.05, 4.69) is 62.3 Å². The first-order valence-corrected chi connectivity index (χ1v) is 9.09. The molecule has 4 heteroatoms. The van der Waals surface area contributed by atoms with E-state index in [1.165, 1.54) is 22.9 Å². The van der Waals surface area contributed by atoms with Crippen LogP contribution in [0, 0.1) is 0 Å². The van der Waals surface area contributed by atoms with Crippen LogP contribution in [0.1, 0.15) is 50.6 Å². The van der Waals surface area contributed by atoms with Gasteiger partial charge in [0.1, 0.15) is 0 Å². The smallest absolute Gasteiger partial charge is 0.0576 e. The number of ether oxygens (including phenoxy) is 1. The van der Waals surface area contributed by atoms with E-state index in [4.69, 9.17) is 4.74 Å². The van der Waals surface area contributed by atoms with Crippen molar-refractivity contribution < 1.29 is 4.74 Å². The minimum absolute atomic E-state index is 0.394. The van der Waals surface area contributed by atoms with E-state index < -0.39 is 0 Å². The number of nitrogens with one attached hydrogen (secondary N) is 1. The van der Waals surface area contributed by atoms with Crippen molar-refractivity contribution >= 4 is 31.9 Å². The predicted molar refractivity (Wildman–Crippen MR) is 91.1 cm³/mol. The molecule has 1 aliphatic rings. The summed E-state index contributed by atoms with van der Waals surface area (Å²) in [5, 5.41) is 3.67. The number of benzene rings is 1. The molecule has 2 unspecified atom stereocenters. The van der Waals surface area contributed by atoms with Crippen LogP contribution in [0.25, 0.3) is 0 Å². The van der Waals surface area contributed by atoms with Gasteiger partial charge >= 0.3 is 0 Å². The molecule has 20 heavy (non-hydrogen) atoms. The van der Waals surface area contributed by atoms with Crippen LogP contribution in [-0.2, 0) is 4.74 Å². The fourth-order valence-corrected chi connectivity index (χ4v) is 3.59. The first kappa shape index (κ1) is 16.5. The second-order valence-corrected chi connectivity index (χ2v) is 7.15. The molecule has 0 amide bonds. The van der Waals surface area contributed by atoms with E-state index in [1.54, 1.807) is 0 Å². The molecule has 0 spiro atoms. The van der Waals surface area contributed by atoms with Crippen LogP contribution in [0.5, 0.6) is 0 Å². The maximum atomic E-state index is 5.75. The summed E-state index contributed by atoms with van der Waals surface area (Å²) in [6.07, 6.45) is 6.33. The van der Waals surface area contributed by atoms with Crippen LogP contribution in [0.3, 0.4) is 0 Å². The third kappa shape index (κ3) is 4.83. The highest BCUT2D eigenvalue weighted by atomic mass is 79.9. The molecule has 1 saturated heterocycles.